The molecule has 4 rings (SSSR count). The minimum Gasteiger partial charge on any atom is -0.497 e. The van der Waals surface area contributed by atoms with Crippen LogP contribution in [0.4, 0.5) is 14.9 Å². The molecule has 0 aliphatic carbocycles. The number of nitrogens with zero attached hydrogens (tertiary/aromatic N) is 2. The number of hydrogen-bond donors (Lipinski definition) is 3. The zero-order valence-corrected chi connectivity index (χ0v) is 22.7. The molecule has 2 unspecified atom stereocenters. The molecule has 10 nitrogen and oxygen atoms in total. The van der Waals surface area contributed by atoms with Crippen molar-refractivity contribution >= 4 is 29.5 Å². The van der Waals surface area contributed by atoms with Crippen molar-refractivity contribution in [2.75, 3.05) is 25.5 Å². The number of methoxy groups -OCH3 is 1. The van der Waals surface area contributed by atoms with Crippen molar-refractivity contribution in [2.45, 2.75) is 32.0 Å². The van der Waals surface area contributed by atoms with E-state index in [0.717, 1.165) is 17.7 Å². The predicted molar refractivity (Wildman–Crippen MR) is 149 cm³/mol. The number of aryl methyl sites for hydroxylation is 1. The summed E-state index contributed by atoms with van der Waals surface area (Å²) >= 11 is 0. The Morgan fingerprint density at radius 3 is 2.39 bits per heavy atom. The Bertz CT molecular complexity index is 1430. The number of carbonyl (C=O) groups excluding carboxylic acids is 3. The average Bonchev–Trinajstić information content (AvgIpc) is 2.96. The Labute approximate surface area is 236 Å². The molecule has 2 atom stereocenters. The van der Waals surface area contributed by atoms with Gasteiger partial charge in [0, 0.05) is 30.4 Å². The molecular formula is C30H31FN4O6. The first kappa shape index (κ1) is 29.1. The predicted octanol–water partition coefficient (Wildman–Crippen LogP) is 4.18. The Hall–Kier alpha value is -4.93. The van der Waals surface area contributed by atoms with Crippen LogP contribution in [0.1, 0.15) is 40.4 Å². The zero-order chi connectivity index (χ0) is 29.5. The summed E-state index contributed by atoms with van der Waals surface area (Å²) in [5.74, 6) is -2.45. The van der Waals surface area contributed by atoms with Crippen LogP contribution in [0.2, 0.25) is 0 Å². The molecule has 3 N–H and O–H groups in total. The summed E-state index contributed by atoms with van der Waals surface area (Å²) < 4.78 is 18.8. The zero-order valence-electron chi connectivity index (χ0n) is 22.7. The lowest BCUT2D eigenvalue weighted by atomic mass is 10.0. The molecule has 1 fully saturated rings. The van der Waals surface area contributed by atoms with Gasteiger partial charge in [0.05, 0.1) is 19.6 Å². The van der Waals surface area contributed by atoms with Gasteiger partial charge < -0.3 is 25.4 Å². The molecule has 3 aromatic carbocycles. The van der Waals surface area contributed by atoms with Gasteiger partial charge in [0.15, 0.2) is 6.17 Å². The third kappa shape index (κ3) is 7.18. The number of anilines is 1. The fraction of sp³-hybridized carbons (Fsp3) is 0.267. The van der Waals surface area contributed by atoms with Crippen LogP contribution in [0.15, 0.2) is 72.8 Å². The third-order valence-corrected chi connectivity index (χ3v) is 6.70. The number of urea groups is 1. The molecule has 0 aromatic heterocycles. The number of carbonyl (C=O) groups is 4. The lowest BCUT2D eigenvalue weighted by molar-refractivity contribution is -0.138. The molecule has 41 heavy (non-hydrogen) atoms. The van der Waals surface area contributed by atoms with Crippen LogP contribution < -0.4 is 15.4 Å². The standard InChI is InChI=1S/C30H31FN4O6/c1-19-6-3-7-21(16-19)25(18-26(36)37)33-27(38)28-34(29(39)20-10-12-22(31)13-11-20)14-5-15-35(28)30(40)32-23-8-4-9-24(17-23)41-2/h3-4,6-13,16-17,25,28H,5,14-15,18H2,1-2H3,(H,32,40)(H,33,38)(H,36,37). The van der Waals surface area contributed by atoms with E-state index in [1.165, 1.54) is 29.0 Å². The normalized spacial score (nSPS) is 15.5. The average molecular weight is 563 g/mol. The second-order valence-corrected chi connectivity index (χ2v) is 9.66. The first-order chi connectivity index (χ1) is 19.7. The maximum Gasteiger partial charge on any atom is 0.323 e. The number of halogens is 1. The summed E-state index contributed by atoms with van der Waals surface area (Å²) in [6.07, 6.45) is -1.45. The molecule has 0 saturated carbocycles. The van der Waals surface area contributed by atoms with Gasteiger partial charge in [0.25, 0.3) is 11.8 Å². The number of nitrogens with one attached hydrogen (secondary N) is 2. The third-order valence-electron chi connectivity index (χ3n) is 6.70. The highest BCUT2D eigenvalue weighted by Crippen LogP contribution is 2.24. The number of carboxylic acids is 1. The van der Waals surface area contributed by atoms with Gasteiger partial charge in [-0.05, 0) is 55.3 Å². The number of carboxylic acid groups (broad SMARTS) is 1. The lowest BCUT2D eigenvalue weighted by Crippen LogP contribution is -2.64. The van der Waals surface area contributed by atoms with Crippen LogP contribution in [-0.2, 0) is 9.59 Å². The molecule has 1 aliphatic rings. The van der Waals surface area contributed by atoms with Crippen molar-refractivity contribution in [2.24, 2.45) is 0 Å². The second kappa shape index (κ2) is 12.9. The quantitative estimate of drug-likeness (QED) is 0.378. The van der Waals surface area contributed by atoms with Gasteiger partial charge in [-0.3, -0.25) is 19.3 Å². The van der Waals surface area contributed by atoms with Crippen molar-refractivity contribution in [3.8, 4) is 5.75 Å². The number of ether oxygens (including phenoxy) is 1. The topological polar surface area (TPSA) is 128 Å². The highest BCUT2D eigenvalue weighted by Gasteiger charge is 2.41. The van der Waals surface area contributed by atoms with Crippen molar-refractivity contribution in [3.05, 3.63) is 95.3 Å². The van der Waals surface area contributed by atoms with Gasteiger partial charge in [-0.25, -0.2) is 9.18 Å². The first-order valence-electron chi connectivity index (χ1n) is 13.0. The van der Waals surface area contributed by atoms with Gasteiger partial charge >= 0.3 is 12.0 Å². The molecule has 0 bridgehead atoms. The highest BCUT2D eigenvalue weighted by atomic mass is 19.1. The van der Waals surface area contributed by atoms with Gasteiger partial charge in [-0.2, -0.15) is 0 Å². The minimum absolute atomic E-state index is 0.139. The Morgan fingerprint density at radius 2 is 1.71 bits per heavy atom. The molecule has 1 saturated heterocycles. The maximum absolute atomic E-state index is 13.9. The number of hydrogen-bond acceptors (Lipinski definition) is 5. The van der Waals surface area contributed by atoms with Crippen molar-refractivity contribution in [1.82, 2.24) is 15.1 Å². The van der Waals surface area contributed by atoms with Gasteiger partial charge in [0.2, 0.25) is 0 Å². The Morgan fingerprint density at radius 1 is 1.00 bits per heavy atom. The van der Waals surface area contributed by atoms with Gasteiger partial charge in [-0.15, -0.1) is 0 Å². The fourth-order valence-electron chi connectivity index (χ4n) is 4.75. The maximum atomic E-state index is 13.9. The van der Waals surface area contributed by atoms with Crippen LogP contribution in [0.25, 0.3) is 0 Å². The summed E-state index contributed by atoms with van der Waals surface area (Å²) in [6.45, 7) is 2.14. The molecule has 1 aliphatic heterocycles. The lowest BCUT2D eigenvalue weighted by Gasteiger charge is -2.43. The van der Waals surface area contributed by atoms with Crippen molar-refractivity contribution in [1.29, 1.82) is 0 Å². The molecule has 214 valence electrons. The number of amides is 4. The molecule has 0 radical (unpaired) electrons. The Balaban J connectivity index is 1.68. The van der Waals surface area contributed by atoms with E-state index in [-0.39, 0.29) is 18.7 Å². The summed E-state index contributed by atoms with van der Waals surface area (Å²) in [5, 5.41) is 15.1. The molecule has 4 amide bonds. The van der Waals surface area contributed by atoms with Crippen LogP contribution in [0, 0.1) is 12.7 Å². The van der Waals surface area contributed by atoms with Crippen LogP contribution in [0.5, 0.6) is 5.75 Å². The van der Waals surface area contributed by atoms with E-state index in [1.807, 2.05) is 13.0 Å². The smallest absolute Gasteiger partial charge is 0.323 e. The highest BCUT2D eigenvalue weighted by molar-refractivity contribution is 6.00. The van der Waals surface area contributed by atoms with Crippen molar-refractivity contribution < 1.29 is 33.4 Å². The number of aliphatic carboxylic acids is 1. The summed E-state index contributed by atoms with van der Waals surface area (Å²) in [7, 11) is 1.49. The number of rotatable bonds is 8. The first-order valence-corrected chi connectivity index (χ1v) is 13.0. The van der Waals surface area contributed by atoms with E-state index in [0.29, 0.717) is 23.4 Å². The number of benzene rings is 3. The van der Waals surface area contributed by atoms with Crippen LogP contribution in [0.3, 0.4) is 0 Å². The minimum atomic E-state index is -1.41. The molecule has 0 spiro atoms. The fourth-order valence-corrected chi connectivity index (χ4v) is 4.75. The SMILES string of the molecule is COc1cccc(NC(=O)N2CCCN(C(=O)c3ccc(F)cc3)C2C(=O)NC(CC(=O)O)c2cccc(C)c2)c1. The van der Waals surface area contributed by atoms with E-state index in [9.17, 15) is 28.7 Å². The van der Waals surface area contributed by atoms with Crippen molar-refractivity contribution in [3.63, 3.8) is 0 Å². The van der Waals surface area contributed by atoms with E-state index in [1.54, 1.807) is 42.5 Å². The van der Waals surface area contributed by atoms with Crippen LogP contribution >= 0.6 is 0 Å². The summed E-state index contributed by atoms with van der Waals surface area (Å²) in [4.78, 5) is 55.2. The summed E-state index contributed by atoms with van der Waals surface area (Å²) in [5.41, 5.74) is 2.00. The van der Waals surface area contributed by atoms with E-state index < -0.39 is 48.3 Å². The largest absolute Gasteiger partial charge is 0.497 e. The van der Waals surface area contributed by atoms with Crippen LogP contribution in [-0.4, -0.2) is 65.1 Å². The van der Waals surface area contributed by atoms with E-state index in [2.05, 4.69) is 10.6 Å². The van der Waals surface area contributed by atoms with Gasteiger partial charge in [0.1, 0.15) is 11.6 Å². The molecule has 1 heterocycles. The second-order valence-electron chi connectivity index (χ2n) is 9.66. The summed E-state index contributed by atoms with van der Waals surface area (Å²) in [6, 6.07) is 17.1. The Kier molecular flexibility index (Phi) is 9.18. The monoisotopic (exact) mass is 562 g/mol. The molecule has 11 heteroatoms. The van der Waals surface area contributed by atoms with E-state index >= 15 is 0 Å². The van der Waals surface area contributed by atoms with E-state index in [4.69, 9.17) is 4.74 Å². The van der Waals surface area contributed by atoms with Gasteiger partial charge in [-0.1, -0.05) is 35.9 Å². The molecular weight excluding hydrogens is 531 g/mol. The molecule has 3 aromatic rings.